The van der Waals surface area contributed by atoms with E-state index in [0.717, 1.165) is 5.69 Å². The Bertz CT molecular complexity index is 678. The standard InChI is InChI=1S/C18H21N3OS/c1-13-4-6-14(7-5-13)12-19-18(23)20-16-10-8-15(9-11-16)17(22)21(2)3/h4-11H,12H2,1-3H3,(H2,19,20,23). The molecule has 0 heterocycles. The van der Waals surface area contributed by atoms with Crippen molar-refractivity contribution in [2.75, 3.05) is 19.4 Å². The van der Waals surface area contributed by atoms with E-state index in [1.807, 2.05) is 12.1 Å². The van der Waals surface area contributed by atoms with Gasteiger partial charge in [-0.25, -0.2) is 0 Å². The molecule has 0 aliphatic heterocycles. The monoisotopic (exact) mass is 327 g/mol. The van der Waals surface area contributed by atoms with Crippen molar-refractivity contribution in [3.8, 4) is 0 Å². The van der Waals surface area contributed by atoms with Gasteiger partial charge in [-0.3, -0.25) is 4.79 Å². The normalized spacial score (nSPS) is 10.0. The number of rotatable bonds is 4. The fraction of sp³-hybridized carbons (Fsp3) is 0.222. The lowest BCUT2D eigenvalue weighted by molar-refractivity contribution is 0.0827. The van der Waals surface area contributed by atoms with Crippen LogP contribution in [-0.2, 0) is 6.54 Å². The summed E-state index contributed by atoms with van der Waals surface area (Å²) in [4.78, 5) is 13.4. The summed E-state index contributed by atoms with van der Waals surface area (Å²) in [5.74, 6) is -0.0170. The molecule has 4 nitrogen and oxygen atoms in total. The lowest BCUT2D eigenvalue weighted by Crippen LogP contribution is -2.28. The van der Waals surface area contributed by atoms with E-state index in [1.54, 1.807) is 31.1 Å². The van der Waals surface area contributed by atoms with Crippen LogP contribution in [0.2, 0.25) is 0 Å². The van der Waals surface area contributed by atoms with Crippen molar-refractivity contribution >= 4 is 28.9 Å². The van der Waals surface area contributed by atoms with Gasteiger partial charge in [-0.15, -0.1) is 0 Å². The lowest BCUT2D eigenvalue weighted by atomic mass is 10.1. The summed E-state index contributed by atoms with van der Waals surface area (Å²) in [7, 11) is 3.47. The average molecular weight is 327 g/mol. The first-order valence-electron chi connectivity index (χ1n) is 7.38. The highest BCUT2D eigenvalue weighted by atomic mass is 32.1. The molecule has 0 bridgehead atoms. The number of nitrogens with one attached hydrogen (secondary N) is 2. The van der Waals surface area contributed by atoms with Crippen LogP contribution in [0, 0.1) is 6.92 Å². The van der Waals surface area contributed by atoms with Gasteiger partial charge in [-0.2, -0.15) is 0 Å². The second-order valence-electron chi connectivity index (χ2n) is 5.57. The molecule has 5 heteroatoms. The predicted molar refractivity (Wildman–Crippen MR) is 98.7 cm³/mol. The third-order valence-electron chi connectivity index (χ3n) is 3.37. The third-order valence-corrected chi connectivity index (χ3v) is 3.62. The summed E-state index contributed by atoms with van der Waals surface area (Å²) < 4.78 is 0. The van der Waals surface area contributed by atoms with Crippen LogP contribution < -0.4 is 10.6 Å². The highest BCUT2D eigenvalue weighted by molar-refractivity contribution is 7.80. The van der Waals surface area contributed by atoms with Crippen LogP contribution in [0.3, 0.4) is 0 Å². The van der Waals surface area contributed by atoms with Crippen molar-refractivity contribution in [3.63, 3.8) is 0 Å². The van der Waals surface area contributed by atoms with Gasteiger partial charge in [0.15, 0.2) is 5.11 Å². The van der Waals surface area contributed by atoms with Crippen LogP contribution in [0.5, 0.6) is 0 Å². The molecule has 0 fully saturated rings. The van der Waals surface area contributed by atoms with Gasteiger partial charge in [0, 0.05) is 31.9 Å². The van der Waals surface area contributed by atoms with E-state index < -0.39 is 0 Å². The number of carbonyl (C=O) groups is 1. The molecule has 23 heavy (non-hydrogen) atoms. The smallest absolute Gasteiger partial charge is 0.253 e. The maximum atomic E-state index is 11.8. The third kappa shape index (κ3) is 5.07. The van der Waals surface area contributed by atoms with E-state index in [1.165, 1.54) is 11.1 Å². The van der Waals surface area contributed by atoms with Gasteiger partial charge in [0.05, 0.1) is 0 Å². The summed E-state index contributed by atoms with van der Waals surface area (Å²) in [5, 5.41) is 6.84. The first-order valence-corrected chi connectivity index (χ1v) is 7.78. The van der Waals surface area contributed by atoms with Gasteiger partial charge in [0.2, 0.25) is 0 Å². The molecule has 2 aromatic carbocycles. The van der Waals surface area contributed by atoms with Crippen LogP contribution in [-0.4, -0.2) is 30.0 Å². The van der Waals surface area contributed by atoms with Gasteiger partial charge in [-0.1, -0.05) is 29.8 Å². The number of benzene rings is 2. The summed E-state index contributed by atoms with van der Waals surface area (Å²) in [6.07, 6.45) is 0. The van der Waals surface area contributed by atoms with Crippen LogP contribution in [0.1, 0.15) is 21.5 Å². The minimum Gasteiger partial charge on any atom is -0.358 e. The van der Waals surface area contributed by atoms with Crippen LogP contribution in [0.15, 0.2) is 48.5 Å². The number of hydrogen-bond donors (Lipinski definition) is 2. The van der Waals surface area contributed by atoms with Crippen LogP contribution in [0.25, 0.3) is 0 Å². The number of hydrogen-bond acceptors (Lipinski definition) is 2. The molecule has 0 atom stereocenters. The highest BCUT2D eigenvalue weighted by Crippen LogP contribution is 2.11. The Hall–Kier alpha value is -2.40. The molecule has 0 aromatic heterocycles. The van der Waals surface area contributed by atoms with Crippen molar-refractivity contribution in [1.29, 1.82) is 0 Å². The average Bonchev–Trinajstić information content (AvgIpc) is 2.54. The summed E-state index contributed by atoms with van der Waals surface area (Å²) in [5.41, 5.74) is 3.91. The number of thiocarbonyl (C=S) groups is 1. The molecule has 0 saturated carbocycles. The van der Waals surface area contributed by atoms with Gasteiger partial charge in [0.25, 0.3) is 5.91 Å². The topological polar surface area (TPSA) is 44.4 Å². The van der Waals surface area contributed by atoms with Gasteiger partial charge < -0.3 is 15.5 Å². The minimum absolute atomic E-state index is 0.0170. The Labute approximate surface area is 142 Å². The number of carbonyl (C=O) groups excluding carboxylic acids is 1. The Morgan fingerprint density at radius 2 is 1.65 bits per heavy atom. The fourth-order valence-electron chi connectivity index (χ4n) is 2.02. The molecule has 0 saturated heterocycles. The van der Waals surface area contributed by atoms with Crippen molar-refractivity contribution in [3.05, 3.63) is 65.2 Å². The Morgan fingerprint density at radius 1 is 1.04 bits per heavy atom. The lowest BCUT2D eigenvalue weighted by Gasteiger charge is -2.13. The second-order valence-corrected chi connectivity index (χ2v) is 5.98. The summed E-state index contributed by atoms with van der Waals surface area (Å²) >= 11 is 5.29. The fourth-order valence-corrected chi connectivity index (χ4v) is 2.21. The molecular formula is C18H21N3OS. The Kier molecular flexibility index (Phi) is 5.71. The van der Waals surface area contributed by atoms with E-state index >= 15 is 0 Å². The van der Waals surface area contributed by atoms with Gasteiger partial charge in [-0.05, 0) is 49.0 Å². The molecule has 0 unspecified atom stereocenters. The second kappa shape index (κ2) is 7.74. The minimum atomic E-state index is -0.0170. The largest absolute Gasteiger partial charge is 0.358 e. The van der Waals surface area contributed by atoms with E-state index in [9.17, 15) is 4.79 Å². The molecule has 0 aliphatic carbocycles. The zero-order chi connectivity index (χ0) is 16.8. The molecule has 0 aliphatic rings. The molecule has 2 N–H and O–H groups in total. The van der Waals surface area contributed by atoms with E-state index in [0.29, 0.717) is 17.2 Å². The maximum absolute atomic E-state index is 11.8. The molecule has 2 rings (SSSR count). The van der Waals surface area contributed by atoms with E-state index in [4.69, 9.17) is 12.2 Å². The number of aryl methyl sites for hydroxylation is 1. The van der Waals surface area contributed by atoms with Crippen molar-refractivity contribution < 1.29 is 4.79 Å². The molecule has 1 amide bonds. The highest BCUT2D eigenvalue weighted by Gasteiger charge is 2.07. The SMILES string of the molecule is Cc1ccc(CNC(=S)Nc2ccc(C(=O)N(C)C)cc2)cc1. The quantitative estimate of drug-likeness (QED) is 0.847. The summed E-state index contributed by atoms with van der Waals surface area (Å²) in [6, 6.07) is 15.6. The number of anilines is 1. The molecule has 0 radical (unpaired) electrons. The van der Waals surface area contributed by atoms with E-state index in [2.05, 4.69) is 41.8 Å². The van der Waals surface area contributed by atoms with E-state index in [-0.39, 0.29) is 5.91 Å². The molecule has 120 valence electrons. The van der Waals surface area contributed by atoms with Crippen molar-refractivity contribution in [2.24, 2.45) is 0 Å². The predicted octanol–water partition coefficient (Wildman–Crippen LogP) is 3.18. The van der Waals surface area contributed by atoms with Gasteiger partial charge >= 0.3 is 0 Å². The zero-order valence-electron chi connectivity index (χ0n) is 13.6. The van der Waals surface area contributed by atoms with Crippen LogP contribution >= 0.6 is 12.2 Å². The summed E-state index contributed by atoms with van der Waals surface area (Å²) in [6.45, 7) is 2.73. The number of nitrogens with zero attached hydrogens (tertiary/aromatic N) is 1. The number of amides is 1. The maximum Gasteiger partial charge on any atom is 0.253 e. The van der Waals surface area contributed by atoms with Gasteiger partial charge in [0.1, 0.15) is 0 Å². The zero-order valence-corrected chi connectivity index (χ0v) is 14.4. The first kappa shape index (κ1) is 17.0. The molecule has 2 aromatic rings. The van der Waals surface area contributed by atoms with Crippen molar-refractivity contribution in [2.45, 2.75) is 13.5 Å². The van der Waals surface area contributed by atoms with Crippen molar-refractivity contribution in [1.82, 2.24) is 10.2 Å². The Balaban J connectivity index is 1.87. The molecular weight excluding hydrogens is 306 g/mol. The Morgan fingerprint density at radius 3 is 2.22 bits per heavy atom. The first-order chi connectivity index (χ1) is 11.0. The van der Waals surface area contributed by atoms with Crippen LogP contribution in [0.4, 0.5) is 5.69 Å². The molecule has 0 spiro atoms.